The largest absolute Gasteiger partial charge is 0.467 e. The van der Waals surface area contributed by atoms with Crippen LogP contribution in [0, 0.1) is 11.8 Å². The minimum absolute atomic E-state index is 0.0451. The number of carbonyl (C=O) groups excluding carboxylic acids is 2. The summed E-state index contributed by atoms with van der Waals surface area (Å²) >= 11 is 0. The van der Waals surface area contributed by atoms with Crippen LogP contribution in [0.2, 0.25) is 0 Å². The second-order valence-corrected chi connectivity index (χ2v) is 7.71. The van der Waals surface area contributed by atoms with Crippen molar-refractivity contribution >= 4 is 11.8 Å². The second-order valence-electron chi connectivity index (χ2n) is 7.71. The minimum Gasteiger partial charge on any atom is -0.467 e. The van der Waals surface area contributed by atoms with Gasteiger partial charge in [-0.3, -0.25) is 9.59 Å². The van der Waals surface area contributed by atoms with Crippen LogP contribution in [-0.4, -0.2) is 41.2 Å². The highest BCUT2D eigenvalue weighted by atomic mass is 16.3. The van der Waals surface area contributed by atoms with Gasteiger partial charge >= 0.3 is 0 Å². The van der Waals surface area contributed by atoms with Gasteiger partial charge in [-0.1, -0.05) is 30.3 Å². The van der Waals surface area contributed by atoms with Crippen LogP contribution >= 0.6 is 0 Å². The first-order chi connectivity index (χ1) is 13.2. The van der Waals surface area contributed by atoms with Crippen molar-refractivity contribution in [3.63, 3.8) is 0 Å². The van der Waals surface area contributed by atoms with Gasteiger partial charge in [0.2, 0.25) is 11.8 Å². The molecule has 1 aromatic heterocycles. The summed E-state index contributed by atoms with van der Waals surface area (Å²) in [5, 5.41) is 0. The van der Waals surface area contributed by atoms with Crippen LogP contribution in [0.25, 0.3) is 0 Å². The van der Waals surface area contributed by atoms with Crippen LogP contribution in [0.3, 0.4) is 0 Å². The minimum atomic E-state index is -0.210. The van der Waals surface area contributed by atoms with Crippen molar-refractivity contribution < 1.29 is 14.0 Å². The number of nitrogens with zero attached hydrogens (tertiary/aromatic N) is 2. The summed E-state index contributed by atoms with van der Waals surface area (Å²) < 4.78 is 5.33. The van der Waals surface area contributed by atoms with Crippen molar-refractivity contribution in [2.45, 2.75) is 32.2 Å². The summed E-state index contributed by atoms with van der Waals surface area (Å²) in [6.07, 6.45) is 5.10. The molecule has 3 heterocycles. The zero-order valence-electron chi connectivity index (χ0n) is 15.5. The fraction of sp³-hybridized carbons (Fsp3) is 0.455. The van der Waals surface area contributed by atoms with E-state index in [9.17, 15) is 9.59 Å². The van der Waals surface area contributed by atoms with Gasteiger partial charge in [-0.05, 0) is 42.9 Å². The molecule has 2 aliphatic rings. The molecule has 5 nitrogen and oxygen atoms in total. The van der Waals surface area contributed by atoms with Gasteiger partial charge in [-0.15, -0.1) is 0 Å². The van der Waals surface area contributed by atoms with Crippen LogP contribution < -0.4 is 0 Å². The highest BCUT2D eigenvalue weighted by Gasteiger charge is 2.37. The maximum absolute atomic E-state index is 12.9. The Hall–Kier alpha value is -2.56. The zero-order chi connectivity index (χ0) is 18.6. The van der Waals surface area contributed by atoms with Crippen molar-refractivity contribution in [2.24, 2.45) is 11.8 Å². The normalized spacial score (nSPS) is 21.0. The molecular formula is C22H26N2O3. The molecule has 0 aliphatic carbocycles. The molecule has 0 bridgehead atoms. The van der Waals surface area contributed by atoms with Gasteiger partial charge in [0.05, 0.1) is 18.7 Å². The molecule has 2 saturated heterocycles. The standard InChI is InChI=1S/C22H26N2O3/c25-21-14-19(15-24(21)16-20-7-4-12-27-20)22(26)23-10-8-18(9-11-23)13-17-5-2-1-3-6-17/h1-7,12,18-19H,8-11,13-16H2. The number of benzene rings is 1. The highest BCUT2D eigenvalue weighted by molar-refractivity contribution is 5.89. The van der Waals surface area contributed by atoms with Crippen LogP contribution in [0.15, 0.2) is 53.1 Å². The Bertz CT molecular complexity index is 764. The Morgan fingerprint density at radius 3 is 2.56 bits per heavy atom. The maximum atomic E-state index is 12.9. The highest BCUT2D eigenvalue weighted by Crippen LogP contribution is 2.26. The lowest BCUT2D eigenvalue weighted by Gasteiger charge is -2.33. The van der Waals surface area contributed by atoms with Crippen molar-refractivity contribution in [2.75, 3.05) is 19.6 Å². The van der Waals surface area contributed by atoms with E-state index in [2.05, 4.69) is 24.3 Å². The Balaban J connectivity index is 1.27. The lowest BCUT2D eigenvalue weighted by molar-refractivity contribution is -0.137. The van der Waals surface area contributed by atoms with Crippen molar-refractivity contribution in [3.8, 4) is 0 Å². The molecule has 27 heavy (non-hydrogen) atoms. The lowest BCUT2D eigenvalue weighted by atomic mass is 9.89. The Labute approximate surface area is 159 Å². The summed E-state index contributed by atoms with van der Waals surface area (Å²) in [4.78, 5) is 28.9. The lowest BCUT2D eigenvalue weighted by Crippen LogP contribution is -2.42. The first kappa shape index (κ1) is 17.8. The number of rotatable bonds is 5. The fourth-order valence-corrected chi connectivity index (χ4v) is 4.24. The molecule has 142 valence electrons. The van der Waals surface area contributed by atoms with E-state index in [0.29, 0.717) is 25.4 Å². The van der Waals surface area contributed by atoms with Gasteiger partial charge in [0.15, 0.2) is 0 Å². The summed E-state index contributed by atoms with van der Waals surface area (Å²) in [5.41, 5.74) is 1.37. The van der Waals surface area contributed by atoms with E-state index in [-0.39, 0.29) is 17.7 Å². The van der Waals surface area contributed by atoms with E-state index >= 15 is 0 Å². The molecule has 0 radical (unpaired) electrons. The summed E-state index contributed by atoms with van der Waals surface area (Å²) in [6.45, 7) is 2.56. The van der Waals surface area contributed by atoms with Crippen LogP contribution in [0.4, 0.5) is 0 Å². The molecule has 0 saturated carbocycles. The molecule has 2 amide bonds. The number of piperidine rings is 1. The molecular weight excluding hydrogens is 340 g/mol. The predicted octanol–water partition coefficient (Wildman–Crippen LogP) is 3.11. The van der Waals surface area contributed by atoms with Crippen molar-refractivity contribution in [1.82, 2.24) is 9.80 Å². The third kappa shape index (κ3) is 4.24. The summed E-state index contributed by atoms with van der Waals surface area (Å²) in [6, 6.07) is 14.2. The van der Waals surface area contributed by atoms with Crippen LogP contribution in [-0.2, 0) is 22.6 Å². The first-order valence-electron chi connectivity index (χ1n) is 9.82. The average molecular weight is 366 g/mol. The van der Waals surface area contributed by atoms with E-state index in [0.717, 1.165) is 38.1 Å². The molecule has 1 unspecified atom stereocenters. The average Bonchev–Trinajstić information content (AvgIpc) is 3.33. The van der Waals surface area contributed by atoms with Gasteiger partial charge in [-0.2, -0.15) is 0 Å². The third-order valence-corrected chi connectivity index (χ3v) is 5.78. The molecule has 4 rings (SSSR count). The molecule has 2 fully saturated rings. The SMILES string of the molecule is O=C1CC(C(=O)N2CCC(Cc3ccccc3)CC2)CN1Cc1ccco1. The van der Waals surface area contributed by atoms with Crippen molar-refractivity contribution in [3.05, 3.63) is 60.1 Å². The molecule has 1 aromatic carbocycles. The van der Waals surface area contributed by atoms with Gasteiger partial charge < -0.3 is 14.2 Å². The Morgan fingerprint density at radius 1 is 1.07 bits per heavy atom. The first-order valence-corrected chi connectivity index (χ1v) is 9.82. The van der Waals surface area contributed by atoms with Gasteiger partial charge in [0.1, 0.15) is 5.76 Å². The zero-order valence-corrected chi connectivity index (χ0v) is 15.5. The summed E-state index contributed by atoms with van der Waals surface area (Å²) in [7, 11) is 0. The Morgan fingerprint density at radius 2 is 1.85 bits per heavy atom. The Kier molecular flexibility index (Phi) is 5.28. The summed E-state index contributed by atoms with van der Waals surface area (Å²) in [5.74, 6) is 1.38. The molecule has 0 N–H and O–H groups in total. The van der Waals surface area contributed by atoms with E-state index in [1.165, 1.54) is 5.56 Å². The van der Waals surface area contributed by atoms with E-state index in [1.807, 2.05) is 23.1 Å². The molecule has 2 aromatic rings. The topological polar surface area (TPSA) is 53.8 Å². The number of likely N-dealkylation sites (tertiary alicyclic amines) is 2. The van der Waals surface area contributed by atoms with Gasteiger partial charge in [0, 0.05) is 26.1 Å². The molecule has 0 spiro atoms. The molecule has 5 heteroatoms. The van der Waals surface area contributed by atoms with Crippen LogP contribution in [0.1, 0.15) is 30.6 Å². The van der Waals surface area contributed by atoms with E-state index < -0.39 is 0 Å². The fourth-order valence-electron chi connectivity index (χ4n) is 4.24. The van der Waals surface area contributed by atoms with E-state index in [1.54, 1.807) is 11.2 Å². The van der Waals surface area contributed by atoms with Gasteiger partial charge in [0.25, 0.3) is 0 Å². The maximum Gasteiger partial charge on any atom is 0.227 e. The van der Waals surface area contributed by atoms with Gasteiger partial charge in [-0.25, -0.2) is 0 Å². The van der Waals surface area contributed by atoms with E-state index in [4.69, 9.17) is 4.42 Å². The number of carbonyl (C=O) groups is 2. The molecule has 2 aliphatic heterocycles. The second kappa shape index (κ2) is 7.99. The predicted molar refractivity (Wildman–Crippen MR) is 102 cm³/mol. The molecule has 1 atom stereocenters. The number of furan rings is 1. The number of amides is 2. The monoisotopic (exact) mass is 366 g/mol. The van der Waals surface area contributed by atoms with Crippen LogP contribution in [0.5, 0.6) is 0 Å². The quantitative estimate of drug-likeness (QED) is 0.817. The third-order valence-electron chi connectivity index (χ3n) is 5.78. The number of hydrogen-bond donors (Lipinski definition) is 0. The smallest absolute Gasteiger partial charge is 0.227 e. The number of hydrogen-bond acceptors (Lipinski definition) is 3. The van der Waals surface area contributed by atoms with Crippen molar-refractivity contribution in [1.29, 1.82) is 0 Å².